The number of nitrogens with one attached hydrogen (secondary N) is 5. The molecule has 0 spiro atoms. The van der Waals surface area contributed by atoms with Gasteiger partial charge in [-0.25, -0.2) is 0 Å². The standard InChI is InChI=1S/C22H36N6O13S/c1-42-5-4-11(25-22(41)14(9-30)27-18(37)10(23)2-3-15(31)32)20(39)26-12(6-16(33)34)21(40)28-13(8-29)19(38)24-7-17(35)36/h10-14,29-30H,2-9,23H2,1H3,(H,24,38)(H,25,41)(H,26,39)(H,27,37)(H,28,40)(H,31,32)(H,33,34)(H,35,36)/t10-,11-,12-,13-,14-/m0/s1. The molecule has 12 N–H and O–H groups in total. The number of aliphatic hydroxyl groups is 2. The first-order valence-electron chi connectivity index (χ1n) is 12.3. The van der Waals surface area contributed by atoms with Crippen molar-refractivity contribution in [1.82, 2.24) is 26.6 Å². The summed E-state index contributed by atoms with van der Waals surface area (Å²) in [4.78, 5) is 95.3. The molecule has 20 heteroatoms. The summed E-state index contributed by atoms with van der Waals surface area (Å²) in [5.74, 6) is -9.24. The first kappa shape index (κ1) is 38.0. The van der Waals surface area contributed by atoms with Crippen molar-refractivity contribution in [2.24, 2.45) is 5.73 Å². The fourth-order valence-corrected chi connectivity index (χ4v) is 3.54. The van der Waals surface area contributed by atoms with Gasteiger partial charge in [0.15, 0.2) is 0 Å². The van der Waals surface area contributed by atoms with Crippen LogP contribution in [0.1, 0.15) is 25.7 Å². The number of nitrogens with two attached hydrogens (primary N) is 1. The van der Waals surface area contributed by atoms with Gasteiger partial charge in [-0.2, -0.15) is 11.8 Å². The lowest BCUT2D eigenvalue weighted by atomic mass is 10.1. The zero-order valence-corrected chi connectivity index (χ0v) is 23.3. The summed E-state index contributed by atoms with van der Waals surface area (Å²) in [7, 11) is 0. The van der Waals surface area contributed by atoms with Crippen LogP contribution in [-0.2, 0) is 38.4 Å². The highest BCUT2D eigenvalue weighted by atomic mass is 32.2. The fourth-order valence-electron chi connectivity index (χ4n) is 3.07. The maximum atomic E-state index is 13.0. The van der Waals surface area contributed by atoms with Crippen molar-refractivity contribution in [1.29, 1.82) is 0 Å². The third-order valence-electron chi connectivity index (χ3n) is 5.31. The minimum atomic E-state index is -1.81. The Labute approximate surface area is 243 Å². The number of hydrogen-bond acceptors (Lipinski definition) is 12. The molecule has 0 aliphatic heterocycles. The molecule has 0 unspecified atom stereocenters. The number of hydrogen-bond donors (Lipinski definition) is 11. The van der Waals surface area contributed by atoms with E-state index in [2.05, 4.69) is 16.0 Å². The first-order chi connectivity index (χ1) is 19.7. The average Bonchev–Trinajstić information content (AvgIpc) is 2.92. The summed E-state index contributed by atoms with van der Waals surface area (Å²) in [6, 6.07) is -7.83. The van der Waals surface area contributed by atoms with E-state index in [1.165, 1.54) is 11.8 Å². The average molecular weight is 625 g/mol. The minimum absolute atomic E-state index is 0.0543. The number of aliphatic hydroxyl groups excluding tert-OH is 2. The summed E-state index contributed by atoms with van der Waals surface area (Å²) in [5, 5.41) is 56.0. The van der Waals surface area contributed by atoms with E-state index in [0.717, 1.165) is 0 Å². The van der Waals surface area contributed by atoms with E-state index in [1.807, 2.05) is 10.6 Å². The summed E-state index contributed by atoms with van der Waals surface area (Å²) in [6.45, 7) is -2.76. The Morgan fingerprint density at radius 2 is 1.12 bits per heavy atom. The Morgan fingerprint density at radius 3 is 1.62 bits per heavy atom. The van der Waals surface area contributed by atoms with Crippen LogP contribution in [-0.4, -0.2) is 135 Å². The molecule has 238 valence electrons. The maximum Gasteiger partial charge on any atom is 0.322 e. The van der Waals surface area contributed by atoms with E-state index in [4.69, 9.17) is 15.9 Å². The van der Waals surface area contributed by atoms with Crippen LogP contribution in [0.2, 0.25) is 0 Å². The molecule has 0 aliphatic carbocycles. The van der Waals surface area contributed by atoms with Crippen LogP contribution >= 0.6 is 11.8 Å². The van der Waals surface area contributed by atoms with Crippen molar-refractivity contribution in [2.45, 2.75) is 55.9 Å². The van der Waals surface area contributed by atoms with E-state index < -0.39 is 110 Å². The van der Waals surface area contributed by atoms with Gasteiger partial charge in [0.2, 0.25) is 29.5 Å². The molecule has 0 aromatic rings. The van der Waals surface area contributed by atoms with Gasteiger partial charge in [-0.05, 0) is 24.9 Å². The molecular formula is C22H36N6O13S. The van der Waals surface area contributed by atoms with Gasteiger partial charge >= 0.3 is 17.9 Å². The number of aliphatic carboxylic acids is 3. The second-order valence-corrected chi connectivity index (χ2v) is 9.63. The number of carbonyl (C=O) groups is 8. The Bertz CT molecular complexity index is 998. The third kappa shape index (κ3) is 15.1. The van der Waals surface area contributed by atoms with Crippen LogP contribution < -0.4 is 32.3 Å². The van der Waals surface area contributed by atoms with Crippen LogP contribution in [0.15, 0.2) is 0 Å². The number of rotatable bonds is 21. The third-order valence-corrected chi connectivity index (χ3v) is 5.95. The van der Waals surface area contributed by atoms with E-state index in [9.17, 15) is 53.7 Å². The lowest BCUT2D eigenvalue weighted by molar-refractivity contribution is -0.142. The Kier molecular flexibility index (Phi) is 18.1. The van der Waals surface area contributed by atoms with Crippen molar-refractivity contribution in [3.05, 3.63) is 0 Å². The van der Waals surface area contributed by atoms with Gasteiger partial charge < -0.3 is 57.9 Å². The first-order valence-corrected chi connectivity index (χ1v) is 13.7. The SMILES string of the molecule is CSCC[C@H](NC(=O)[C@H](CO)NC(=O)[C@@H](N)CCC(=O)O)C(=O)N[C@@H](CC(=O)O)C(=O)N[C@@H](CO)C(=O)NCC(=O)O. The highest BCUT2D eigenvalue weighted by Crippen LogP contribution is 2.05. The van der Waals surface area contributed by atoms with Crippen molar-refractivity contribution in [3.8, 4) is 0 Å². The van der Waals surface area contributed by atoms with E-state index >= 15 is 0 Å². The molecular weight excluding hydrogens is 588 g/mol. The quantitative estimate of drug-likeness (QED) is 0.0567. The van der Waals surface area contributed by atoms with Crippen LogP contribution in [0, 0.1) is 0 Å². The molecule has 5 amide bonds. The van der Waals surface area contributed by atoms with Crippen molar-refractivity contribution < 1.29 is 63.9 Å². The predicted octanol–water partition coefficient (Wildman–Crippen LogP) is -5.47. The largest absolute Gasteiger partial charge is 0.481 e. The zero-order valence-electron chi connectivity index (χ0n) is 22.5. The van der Waals surface area contributed by atoms with Crippen LogP contribution in [0.5, 0.6) is 0 Å². The second-order valence-electron chi connectivity index (χ2n) is 8.64. The lowest BCUT2D eigenvalue weighted by Gasteiger charge is -2.25. The molecule has 0 saturated heterocycles. The summed E-state index contributed by atoms with van der Waals surface area (Å²) >= 11 is 1.27. The van der Waals surface area contributed by atoms with Crippen molar-refractivity contribution in [3.63, 3.8) is 0 Å². The number of carboxylic acid groups (broad SMARTS) is 3. The number of carbonyl (C=O) groups excluding carboxylic acids is 5. The summed E-state index contributed by atoms with van der Waals surface area (Å²) in [6.07, 6.45) is -0.0542. The molecule has 0 heterocycles. The zero-order chi connectivity index (χ0) is 32.4. The van der Waals surface area contributed by atoms with Gasteiger partial charge in [0.1, 0.15) is 30.7 Å². The topological polar surface area (TPSA) is 324 Å². The Balaban J connectivity index is 5.62. The number of thioether (sulfide) groups is 1. The van der Waals surface area contributed by atoms with Crippen LogP contribution in [0.25, 0.3) is 0 Å². The molecule has 0 radical (unpaired) electrons. The van der Waals surface area contributed by atoms with E-state index in [1.54, 1.807) is 6.26 Å². The molecule has 19 nitrogen and oxygen atoms in total. The fraction of sp³-hybridized carbons (Fsp3) is 0.636. The molecule has 0 rings (SSSR count). The predicted molar refractivity (Wildman–Crippen MR) is 143 cm³/mol. The molecule has 0 saturated carbocycles. The van der Waals surface area contributed by atoms with Gasteiger partial charge in [-0.3, -0.25) is 38.4 Å². The molecule has 5 atom stereocenters. The van der Waals surface area contributed by atoms with Gasteiger partial charge in [0.25, 0.3) is 0 Å². The Morgan fingerprint density at radius 1 is 0.643 bits per heavy atom. The molecule has 42 heavy (non-hydrogen) atoms. The molecule has 0 aliphatic rings. The molecule has 0 aromatic carbocycles. The summed E-state index contributed by atoms with van der Waals surface area (Å²) in [5.41, 5.74) is 5.59. The van der Waals surface area contributed by atoms with Crippen LogP contribution in [0.4, 0.5) is 0 Å². The monoisotopic (exact) mass is 624 g/mol. The smallest absolute Gasteiger partial charge is 0.322 e. The molecule has 0 fully saturated rings. The van der Waals surface area contributed by atoms with Crippen LogP contribution in [0.3, 0.4) is 0 Å². The Hall–Kier alpha value is -4.01. The van der Waals surface area contributed by atoms with Crippen molar-refractivity contribution in [2.75, 3.05) is 31.8 Å². The van der Waals surface area contributed by atoms with Gasteiger partial charge in [0, 0.05) is 6.42 Å². The normalized spacial score (nSPS) is 14.2. The number of carboxylic acids is 3. The van der Waals surface area contributed by atoms with E-state index in [-0.39, 0.29) is 18.6 Å². The molecule has 0 aromatic heterocycles. The van der Waals surface area contributed by atoms with Gasteiger partial charge in [0.05, 0.1) is 25.7 Å². The number of amides is 5. The lowest BCUT2D eigenvalue weighted by Crippen LogP contribution is -2.60. The minimum Gasteiger partial charge on any atom is -0.481 e. The van der Waals surface area contributed by atoms with E-state index in [0.29, 0.717) is 0 Å². The van der Waals surface area contributed by atoms with Gasteiger partial charge in [-0.1, -0.05) is 0 Å². The highest BCUT2D eigenvalue weighted by Gasteiger charge is 2.32. The van der Waals surface area contributed by atoms with Crippen molar-refractivity contribution >= 4 is 59.2 Å². The summed E-state index contributed by atoms with van der Waals surface area (Å²) < 4.78 is 0. The highest BCUT2D eigenvalue weighted by molar-refractivity contribution is 7.98. The second kappa shape index (κ2) is 20.0. The van der Waals surface area contributed by atoms with Gasteiger partial charge in [-0.15, -0.1) is 0 Å². The maximum absolute atomic E-state index is 13.0. The molecule has 0 bridgehead atoms.